The highest BCUT2D eigenvalue weighted by Gasteiger charge is 2.42. The van der Waals surface area contributed by atoms with Crippen LogP contribution in [-0.2, 0) is 23.8 Å². The molecule has 2 aliphatic heterocycles. The molecule has 0 bridgehead atoms. The van der Waals surface area contributed by atoms with Crippen molar-refractivity contribution in [3.63, 3.8) is 0 Å². The van der Waals surface area contributed by atoms with Gasteiger partial charge in [0.15, 0.2) is 0 Å². The first-order valence-electron chi connectivity index (χ1n) is 13.9. The molecule has 9 heteroatoms. The van der Waals surface area contributed by atoms with Gasteiger partial charge in [-0.15, -0.1) is 0 Å². The van der Waals surface area contributed by atoms with Gasteiger partial charge in [-0.1, -0.05) is 45.1 Å². The topological polar surface area (TPSA) is 143 Å². The average molecular weight is 553 g/mol. The Labute approximate surface area is 232 Å². The molecule has 2 rings (SSSR count). The number of esters is 2. The van der Waals surface area contributed by atoms with Crippen LogP contribution < -0.4 is 0 Å². The number of rotatable bonds is 7. The van der Waals surface area contributed by atoms with Crippen molar-refractivity contribution in [2.45, 2.75) is 122 Å². The molecule has 0 aromatic carbocycles. The minimum atomic E-state index is -1.42. The van der Waals surface area contributed by atoms with E-state index in [-0.39, 0.29) is 43.1 Å². The molecule has 0 spiro atoms. The summed E-state index contributed by atoms with van der Waals surface area (Å²) in [5, 5.41) is 42.1. The van der Waals surface area contributed by atoms with Gasteiger partial charge in [-0.3, -0.25) is 9.59 Å². The third-order valence-electron chi connectivity index (χ3n) is 7.77. The largest absolute Gasteiger partial charge is 0.457 e. The highest BCUT2D eigenvalue weighted by atomic mass is 16.6. The zero-order valence-corrected chi connectivity index (χ0v) is 24.3. The second-order valence-electron chi connectivity index (χ2n) is 11.7. The fourth-order valence-electron chi connectivity index (χ4n) is 5.23. The minimum Gasteiger partial charge on any atom is -0.457 e. The van der Waals surface area contributed by atoms with Crippen molar-refractivity contribution in [2.75, 3.05) is 0 Å². The summed E-state index contributed by atoms with van der Waals surface area (Å²) in [4.78, 5) is 24.3. The molecular weight excluding hydrogens is 504 g/mol. The monoisotopic (exact) mass is 552 g/mol. The molecule has 9 nitrogen and oxygen atoms in total. The minimum absolute atomic E-state index is 0.0194. The molecule has 0 amide bonds. The Morgan fingerprint density at radius 2 is 1.90 bits per heavy atom. The summed E-state index contributed by atoms with van der Waals surface area (Å²) in [5.41, 5.74) is -0.663. The lowest BCUT2D eigenvalue weighted by Crippen LogP contribution is -2.42. The highest BCUT2D eigenvalue weighted by molar-refractivity contribution is 5.70. The van der Waals surface area contributed by atoms with Crippen LogP contribution in [0.5, 0.6) is 0 Å². The molecule has 222 valence electrons. The zero-order valence-electron chi connectivity index (χ0n) is 24.3. The normalized spacial score (nSPS) is 39.4. The third kappa shape index (κ3) is 9.83. The predicted octanol–water partition coefficient (Wildman–Crippen LogP) is 2.99. The van der Waals surface area contributed by atoms with Gasteiger partial charge in [0.1, 0.15) is 17.8 Å². The summed E-state index contributed by atoms with van der Waals surface area (Å²) in [6, 6.07) is 0. The number of carbonyl (C=O) groups is 2. The Morgan fingerprint density at radius 1 is 1.23 bits per heavy atom. The Morgan fingerprint density at radius 3 is 2.49 bits per heavy atom. The Balaban J connectivity index is 2.16. The second kappa shape index (κ2) is 14.6. The van der Waals surface area contributed by atoms with Crippen LogP contribution in [0.1, 0.15) is 74.1 Å². The van der Waals surface area contributed by atoms with E-state index in [1.165, 1.54) is 6.92 Å². The van der Waals surface area contributed by atoms with Gasteiger partial charge in [-0.25, -0.2) is 0 Å². The van der Waals surface area contributed by atoms with Crippen LogP contribution in [0.15, 0.2) is 36.0 Å². The lowest BCUT2D eigenvalue weighted by Gasteiger charge is -2.32. The molecule has 0 aliphatic carbocycles. The SMILES string of the molecule is CC(=O)OC1/C=C/C(C)C(/C(C)=C/C=C/C(C)CC(O)C2OC(C)C(O)C2C)OC(=O)CC(O)CCC1(C)O. The zero-order chi connectivity index (χ0) is 29.5. The molecule has 1 saturated heterocycles. The number of ether oxygens (including phenoxy) is 3. The van der Waals surface area contributed by atoms with Crippen LogP contribution in [0.25, 0.3) is 0 Å². The van der Waals surface area contributed by atoms with Crippen molar-refractivity contribution >= 4 is 11.9 Å². The molecule has 1 fully saturated rings. The van der Waals surface area contributed by atoms with Crippen LogP contribution in [0.3, 0.4) is 0 Å². The van der Waals surface area contributed by atoms with E-state index in [1.54, 1.807) is 26.0 Å². The van der Waals surface area contributed by atoms with Gasteiger partial charge >= 0.3 is 11.9 Å². The number of aliphatic hydroxyl groups excluding tert-OH is 3. The predicted molar refractivity (Wildman–Crippen MR) is 146 cm³/mol. The first kappa shape index (κ1) is 33.2. The smallest absolute Gasteiger partial charge is 0.309 e. The molecule has 39 heavy (non-hydrogen) atoms. The number of allylic oxidation sites excluding steroid dienone is 3. The van der Waals surface area contributed by atoms with Gasteiger partial charge in [0.25, 0.3) is 0 Å². The lowest BCUT2D eigenvalue weighted by atomic mass is 9.88. The van der Waals surface area contributed by atoms with Crippen molar-refractivity contribution in [3.05, 3.63) is 36.0 Å². The standard InChI is InChI=1S/C30H48O9/c1-17(15-24(33)29-20(4)27(35)21(5)37-29)9-8-10-18(2)28-19(3)11-12-25(38-22(6)31)30(7,36)14-13-23(32)16-26(34)39-28/h8-12,17,19-21,23-25,27-29,32-33,35-36H,13-16H2,1-7H3/b9-8+,12-11+,18-10+. The van der Waals surface area contributed by atoms with Gasteiger partial charge in [0.05, 0.1) is 36.9 Å². The average Bonchev–Trinajstić information content (AvgIpc) is 3.10. The summed E-state index contributed by atoms with van der Waals surface area (Å²) in [7, 11) is 0. The van der Waals surface area contributed by atoms with Crippen LogP contribution >= 0.6 is 0 Å². The summed E-state index contributed by atoms with van der Waals surface area (Å²) < 4.78 is 16.9. The van der Waals surface area contributed by atoms with Crippen LogP contribution in [0.2, 0.25) is 0 Å². The second-order valence-corrected chi connectivity index (χ2v) is 11.7. The van der Waals surface area contributed by atoms with Gasteiger partial charge < -0.3 is 34.6 Å². The molecule has 0 saturated carbocycles. The summed E-state index contributed by atoms with van der Waals surface area (Å²) in [6.07, 6.45) is 4.91. The van der Waals surface area contributed by atoms with E-state index >= 15 is 0 Å². The maximum Gasteiger partial charge on any atom is 0.309 e. The molecule has 2 heterocycles. The van der Waals surface area contributed by atoms with E-state index in [1.807, 2.05) is 45.9 Å². The highest BCUT2D eigenvalue weighted by Crippen LogP contribution is 2.31. The fraction of sp³-hybridized carbons (Fsp3) is 0.733. The molecule has 4 N–H and O–H groups in total. The van der Waals surface area contributed by atoms with E-state index in [4.69, 9.17) is 14.2 Å². The Hall–Kier alpha value is -2.04. The number of hydrogen-bond donors (Lipinski definition) is 4. The van der Waals surface area contributed by atoms with Crippen LogP contribution in [0.4, 0.5) is 0 Å². The quantitative estimate of drug-likeness (QED) is 0.213. The molecule has 0 radical (unpaired) electrons. The first-order chi connectivity index (χ1) is 18.1. The number of carbonyl (C=O) groups excluding carboxylic acids is 2. The maximum atomic E-state index is 12.6. The van der Waals surface area contributed by atoms with Crippen molar-refractivity contribution in [2.24, 2.45) is 17.8 Å². The van der Waals surface area contributed by atoms with Crippen molar-refractivity contribution in [3.8, 4) is 0 Å². The molecule has 2 aliphatic rings. The number of aliphatic hydroxyl groups is 4. The molecule has 0 aromatic rings. The van der Waals surface area contributed by atoms with Gasteiger partial charge in [-0.2, -0.15) is 0 Å². The van der Waals surface area contributed by atoms with Crippen molar-refractivity contribution < 1.29 is 44.2 Å². The van der Waals surface area contributed by atoms with Gasteiger partial charge in [0.2, 0.25) is 0 Å². The van der Waals surface area contributed by atoms with E-state index in [9.17, 15) is 30.0 Å². The Kier molecular flexibility index (Phi) is 12.4. The third-order valence-corrected chi connectivity index (χ3v) is 7.77. The van der Waals surface area contributed by atoms with Crippen molar-refractivity contribution in [1.82, 2.24) is 0 Å². The summed E-state index contributed by atoms with van der Waals surface area (Å²) >= 11 is 0. The van der Waals surface area contributed by atoms with Gasteiger partial charge in [0, 0.05) is 18.8 Å². The summed E-state index contributed by atoms with van der Waals surface area (Å²) in [5.74, 6) is -1.53. The number of cyclic esters (lactones) is 1. The van der Waals surface area contributed by atoms with E-state index in [0.717, 1.165) is 5.57 Å². The van der Waals surface area contributed by atoms with E-state index in [2.05, 4.69) is 0 Å². The van der Waals surface area contributed by atoms with Gasteiger partial charge in [-0.05, 0) is 57.6 Å². The number of hydrogen-bond acceptors (Lipinski definition) is 9. The molecule has 11 atom stereocenters. The Bertz CT molecular complexity index is 908. The lowest BCUT2D eigenvalue weighted by molar-refractivity contribution is -0.157. The fourth-order valence-corrected chi connectivity index (χ4v) is 5.23. The van der Waals surface area contributed by atoms with E-state index < -0.39 is 54.2 Å². The van der Waals surface area contributed by atoms with E-state index in [0.29, 0.717) is 6.42 Å². The molecular formula is C30H48O9. The maximum absolute atomic E-state index is 12.6. The summed E-state index contributed by atoms with van der Waals surface area (Å²) in [6.45, 7) is 12.2. The molecule has 11 unspecified atom stereocenters. The first-order valence-corrected chi connectivity index (χ1v) is 13.9. The van der Waals surface area contributed by atoms with Crippen LogP contribution in [0, 0.1) is 17.8 Å². The van der Waals surface area contributed by atoms with Crippen LogP contribution in [-0.4, -0.2) is 80.7 Å². The molecule has 0 aromatic heterocycles. The van der Waals surface area contributed by atoms with Crippen molar-refractivity contribution in [1.29, 1.82) is 0 Å².